The number of carbonyl (C=O) groups is 3. The van der Waals surface area contributed by atoms with Crippen LogP contribution in [-0.2, 0) is 19.1 Å². The molecule has 0 unspecified atom stereocenters. The van der Waals surface area contributed by atoms with Crippen molar-refractivity contribution in [3.05, 3.63) is 42.0 Å². The molecule has 1 aromatic rings. The molecule has 7 nitrogen and oxygen atoms in total. The van der Waals surface area contributed by atoms with Gasteiger partial charge in [-0.05, 0) is 24.6 Å². The molecule has 3 amide bonds. The molecule has 2 fully saturated rings. The van der Waals surface area contributed by atoms with E-state index in [1.54, 1.807) is 24.3 Å². The fourth-order valence-corrected chi connectivity index (χ4v) is 3.42. The number of fused-ring (bicyclic) bond motifs is 5. The third-order valence-electron chi connectivity index (χ3n) is 4.51. The van der Waals surface area contributed by atoms with Crippen LogP contribution in [0.2, 0.25) is 0 Å². The van der Waals surface area contributed by atoms with E-state index in [2.05, 4.69) is 5.43 Å². The van der Waals surface area contributed by atoms with Gasteiger partial charge in [0.25, 0.3) is 17.7 Å². The highest BCUT2D eigenvalue weighted by Gasteiger charge is 2.61. The van der Waals surface area contributed by atoms with Crippen LogP contribution in [0.5, 0.6) is 5.75 Å². The standard InChI is InChI=1S/C17H16N2O5/c1-9-3-2-4-10(7-9)23-8-13(20)18-19-16(21)14-11-5-6-12(24-11)15(14)17(19)22/h2-7,11-12,14-15H,8H2,1H3,(H,18,20)/t11-,12+,14-,15-/m0/s1. The van der Waals surface area contributed by atoms with Crippen molar-refractivity contribution >= 4 is 17.7 Å². The number of carbonyl (C=O) groups excluding carboxylic acids is 3. The molecule has 2 bridgehead atoms. The molecule has 0 saturated carbocycles. The monoisotopic (exact) mass is 328 g/mol. The molecule has 124 valence electrons. The minimum absolute atomic E-state index is 0.280. The predicted octanol–water partition coefficient (Wildman–Crippen LogP) is 0.343. The van der Waals surface area contributed by atoms with Crippen molar-refractivity contribution in [3.63, 3.8) is 0 Å². The molecule has 3 heterocycles. The van der Waals surface area contributed by atoms with E-state index < -0.39 is 29.6 Å². The zero-order chi connectivity index (χ0) is 16.8. The Hall–Kier alpha value is -2.67. The third-order valence-corrected chi connectivity index (χ3v) is 4.51. The first-order valence-electron chi connectivity index (χ1n) is 7.75. The van der Waals surface area contributed by atoms with Crippen LogP contribution >= 0.6 is 0 Å². The van der Waals surface area contributed by atoms with Gasteiger partial charge >= 0.3 is 0 Å². The quantitative estimate of drug-likeness (QED) is 0.636. The Morgan fingerprint density at radius 1 is 1.21 bits per heavy atom. The van der Waals surface area contributed by atoms with Crippen molar-refractivity contribution in [2.45, 2.75) is 19.1 Å². The van der Waals surface area contributed by atoms with Gasteiger partial charge in [0.15, 0.2) is 6.61 Å². The van der Waals surface area contributed by atoms with Crippen LogP contribution in [0.4, 0.5) is 0 Å². The summed E-state index contributed by atoms with van der Waals surface area (Å²) in [4.78, 5) is 36.8. The molecule has 4 rings (SSSR count). The van der Waals surface area contributed by atoms with Crippen molar-refractivity contribution in [2.75, 3.05) is 6.61 Å². The second-order valence-electron chi connectivity index (χ2n) is 6.15. The Labute approximate surface area is 138 Å². The molecule has 3 aliphatic rings. The maximum atomic E-state index is 12.4. The Kier molecular flexibility index (Phi) is 3.38. The summed E-state index contributed by atoms with van der Waals surface area (Å²) < 4.78 is 10.9. The van der Waals surface area contributed by atoms with Gasteiger partial charge in [-0.15, -0.1) is 0 Å². The third kappa shape index (κ3) is 2.28. The number of hydrazine groups is 1. The molecule has 7 heteroatoms. The Balaban J connectivity index is 1.38. The van der Waals surface area contributed by atoms with Crippen LogP contribution in [0.15, 0.2) is 36.4 Å². The largest absolute Gasteiger partial charge is 0.484 e. The number of nitrogens with one attached hydrogen (secondary N) is 1. The van der Waals surface area contributed by atoms with E-state index in [4.69, 9.17) is 9.47 Å². The molecule has 2 saturated heterocycles. The fraction of sp³-hybridized carbons (Fsp3) is 0.353. The van der Waals surface area contributed by atoms with Gasteiger partial charge in [-0.25, -0.2) is 0 Å². The van der Waals surface area contributed by atoms with Crippen molar-refractivity contribution < 1.29 is 23.9 Å². The zero-order valence-corrected chi connectivity index (χ0v) is 13.0. The number of nitrogens with zero attached hydrogens (tertiary/aromatic N) is 1. The van der Waals surface area contributed by atoms with Gasteiger partial charge < -0.3 is 9.47 Å². The highest BCUT2D eigenvalue weighted by molar-refractivity contribution is 6.07. The summed E-state index contributed by atoms with van der Waals surface area (Å²) in [5.41, 5.74) is 3.36. The number of ether oxygens (including phenoxy) is 2. The minimum atomic E-state index is -0.556. The number of aryl methyl sites for hydroxylation is 1. The fourth-order valence-electron chi connectivity index (χ4n) is 3.42. The Morgan fingerprint density at radius 2 is 1.88 bits per heavy atom. The van der Waals surface area contributed by atoms with E-state index in [0.717, 1.165) is 10.6 Å². The van der Waals surface area contributed by atoms with Gasteiger partial charge in [-0.3, -0.25) is 19.8 Å². The summed E-state index contributed by atoms with van der Waals surface area (Å²) >= 11 is 0. The Bertz CT molecular complexity index is 729. The van der Waals surface area contributed by atoms with E-state index in [-0.39, 0.29) is 18.8 Å². The number of hydrogen-bond acceptors (Lipinski definition) is 5. The highest BCUT2D eigenvalue weighted by atomic mass is 16.5. The average molecular weight is 328 g/mol. The molecule has 24 heavy (non-hydrogen) atoms. The van der Waals surface area contributed by atoms with Crippen molar-refractivity contribution in [1.29, 1.82) is 0 Å². The lowest BCUT2D eigenvalue weighted by molar-refractivity contribution is -0.151. The number of benzene rings is 1. The summed E-state index contributed by atoms with van der Waals surface area (Å²) in [6.07, 6.45) is 2.84. The van der Waals surface area contributed by atoms with Gasteiger partial charge in [0, 0.05) is 0 Å². The molecular formula is C17H16N2O5. The van der Waals surface area contributed by atoms with E-state index in [1.165, 1.54) is 0 Å². The van der Waals surface area contributed by atoms with Crippen LogP contribution in [-0.4, -0.2) is 41.5 Å². The van der Waals surface area contributed by atoms with E-state index in [1.807, 2.05) is 19.1 Å². The molecule has 1 aromatic carbocycles. The first-order chi connectivity index (χ1) is 11.5. The SMILES string of the molecule is Cc1cccc(OCC(=O)NN2C(=O)[C@@H]3[C@@H](C2=O)[C@H]2C=C[C@@H]3O2)c1. The summed E-state index contributed by atoms with van der Waals surface area (Å²) in [5.74, 6) is -1.93. The van der Waals surface area contributed by atoms with Crippen LogP contribution in [0.1, 0.15) is 5.56 Å². The molecule has 0 aromatic heterocycles. The van der Waals surface area contributed by atoms with Crippen LogP contribution in [0, 0.1) is 18.8 Å². The number of imide groups is 1. The smallest absolute Gasteiger partial charge is 0.276 e. The number of amides is 3. The van der Waals surface area contributed by atoms with Gasteiger partial charge in [0.1, 0.15) is 5.75 Å². The topological polar surface area (TPSA) is 84.9 Å². The van der Waals surface area contributed by atoms with Crippen molar-refractivity contribution in [2.24, 2.45) is 11.8 Å². The van der Waals surface area contributed by atoms with E-state index in [0.29, 0.717) is 5.75 Å². The maximum absolute atomic E-state index is 12.4. The van der Waals surface area contributed by atoms with E-state index >= 15 is 0 Å². The van der Waals surface area contributed by atoms with Gasteiger partial charge in [-0.1, -0.05) is 24.3 Å². The normalized spacial score (nSPS) is 30.0. The lowest BCUT2D eigenvalue weighted by Gasteiger charge is -2.18. The number of hydrogen-bond donors (Lipinski definition) is 1. The molecule has 0 spiro atoms. The summed E-state index contributed by atoms with van der Waals surface area (Å²) in [6, 6.07) is 7.26. The first kappa shape index (κ1) is 14.9. The van der Waals surface area contributed by atoms with E-state index in [9.17, 15) is 14.4 Å². The number of rotatable bonds is 4. The summed E-state index contributed by atoms with van der Waals surface area (Å²) in [6.45, 7) is 1.63. The lowest BCUT2D eigenvalue weighted by Crippen LogP contribution is -2.49. The molecule has 4 atom stereocenters. The molecule has 3 aliphatic heterocycles. The van der Waals surface area contributed by atoms with Crippen molar-refractivity contribution in [3.8, 4) is 5.75 Å². The molecule has 1 N–H and O–H groups in total. The zero-order valence-electron chi connectivity index (χ0n) is 13.0. The lowest BCUT2D eigenvalue weighted by atomic mass is 9.85. The second-order valence-corrected chi connectivity index (χ2v) is 6.15. The molecular weight excluding hydrogens is 312 g/mol. The maximum Gasteiger partial charge on any atom is 0.276 e. The molecule has 0 radical (unpaired) electrons. The van der Waals surface area contributed by atoms with Crippen LogP contribution < -0.4 is 10.2 Å². The first-order valence-corrected chi connectivity index (χ1v) is 7.75. The highest BCUT2D eigenvalue weighted by Crippen LogP contribution is 2.44. The summed E-state index contributed by atoms with van der Waals surface area (Å²) in [5, 5.41) is 0.812. The predicted molar refractivity (Wildman–Crippen MR) is 81.5 cm³/mol. The average Bonchev–Trinajstić information content (AvgIpc) is 3.23. The van der Waals surface area contributed by atoms with Crippen LogP contribution in [0.3, 0.4) is 0 Å². The van der Waals surface area contributed by atoms with Gasteiger partial charge in [0.2, 0.25) is 0 Å². The second kappa shape index (κ2) is 5.45. The van der Waals surface area contributed by atoms with Crippen LogP contribution in [0.25, 0.3) is 0 Å². The van der Waals surface area contributed by atoms with Gasteiger partial charge in [0.05, 0.1) is 24.0 Å². The minimum Gasteiger partial charge on any atom is -0.484 e. The Morgan fingerprint density at radius 3 is 2.50 bits per heavy atom. The van der Waals surface area contributed by atoms with Gasteiger partial charge in [-0.2, -0.15) is 5.01 Å². The summed E-state index contributed by atoms with van der Waals surface area (Å²) in [7, 11) is 0. The van der Waals surface area contributed by atoms with Crippen molar-refractivity contribution in [1.82, 2.24) is 10.4 Å². The molecule has 0 aliphatic carbocycles.